The first-order valence-electron chi connectivity index (χ1n) is 8.16. The molecule has 0 spiro atoms. The molecule has 1 N–H and O–H groups in total. The third-order valence-corrected chi connectivity index (χ3v) is 3.94. The molecular weight excluding hydrogens is 268 g/mol. The van der Waals surface area contributed by atoms with Crippen molar-refractivity contribution in [2.24, 2.45) is 5.92 Å². The molecular formula is C16H30N2O3. The minimum Gasteiger partial charge on any atom is -0.444 e. The number of morpholine rings is 1. The van der Waals surface area contributed by atoms with Gasteiger partial charge >= 0.3 is 6.09 Å². The number of hydrogen-bond acceptors (Lipinski definition) is 4. The molecule has 1 saturated heterocycles. The Morgan fingerprint density at radius 1 is 1.43 bits per heavy atom. The Balaban J connectivity index is 1.81. The van der Waals surface area contributed by atoms with E-state index >= 15 is 0 Å². The Bertz CT molecular complexity index is 350. The summed E-state index contributed by atoms with van der Waals surface area (Å²) >= 11 is 0. The van der Waals surface area contributed by atoms with E-state index in [4.69, 9.17) is 9.47 Å². The highest BCUT2D eigenvalue weighted by atomic mass is 16.6. The largest absolute Gasteiger partial charge is 0.444 e. The zero-order chi connectivity index (χ0) is 15.5. The van der Waals surface area contributed by atoms with Gasteiger partial charge in [0.05, 0.1) is 19.3 Å². The van der Waals surface area contributed by atoms with Gasteiger partial charge < -0.3 is 14.8 Å². The van der Waals surface area contributed by atoms with Crippen molar-refractivity contribution in [2.45, 2.75) is 64.6 Å². The predicted molar refractivity (Wildman–Crippen MR) is 82.4 cm³/mol. The zero-order valence-electron chi connectivity index (χ0n) is 13.9. The van der Waals surface area contributed by atoms with Crippen LogP contribution in [0.5, 0.6) is 0 Å². The molecule has 2 fully saturated rings. The molecule has 2 unspecified atom stereocenters. The molecule has 122 valence electrons. The minimum absolute atomic E-state index is 0.0650. The molecule has 0 aromatic carbocycles. The quantitative estimate of drug-likeness (QED) is 0.847. The van der Waals surface area contributed by atoms with Gasteiger partial charge in [-0.15, -0.1) is 0 Å². The molecule has 2 atom stereocenters. The second-order valence-corrected chi connectivity index (χ2v) is 7.39. The molecule has 21 heavy (non-hydrogen) atoms. The second-order valence-electron chi connectivity index (χ2n) is 7.39. The number of amides is 1. The van der Waals surface area contributed by atoms with Crippen LogP contribution in [0.25, 0.3) is 0 Å². The van der Waals surface area contributed by atoms with Crippen LogP contribution in [0.2, 0.25) is 0 Å². The van der Waals surface area contributed by atoms with Crippen molar-refractivity contribution in [3.8, 4) is 0 Å². The van der Waals surface area contributed by atoms with Crippen LogP contribution in [0.4, 0.5) is 4.79 Å². The van der Waals surface area contributed by atoms with Gasteiger partial charge in [-0.05, 0) is 40.0 Å². The molecule has 5 heteroatoms. The fraction of sp³-hybridized carbons (Fsp3) is 0.938. The van der Waals surface area contributed by atoms with Crippen LogP contribution >= 0.6 is 0 Å². The van der Waals surface area contributed by atoms with Crippen LogP contribution in [-0.4, -0.2) is 55.0 Å². The molecule has 1 aliphatic heterocycles. The summed E-state index contributed by atoms with van der Waals surface area (Å²) < 4.78 is 11.0. The number of hydrogen-bond donors (Lipinski definition) is 1. The number of nitrogens with one attached hydrogen (secondary N) is 1. The topological polar surface area (TPSA) is 50.8 Å². The molecule has 1 saturated carbocycles. The average Bonchev–Trinajstić information content (AvgIpc) is 3.18. The summed E-state index contributed by atoms with van der Waals surface area (Å²) in [6.45, 7) is 10.5. The summed E-state index contributed by atoms with van der Waals surface area (Å²) in [7, 11) is 0. The van der Waals surface area contributed by atoms with Gasteiger partial charge in [0, 0.05) is 19.1 Å². The van der Waals surface area contributed by atoms with Crippen LogP contribution in [-0.2, 0) is 9.47 Å². The molecule has 1 aliphatic carbocycles. The Morgan fingerprint density at radius 3 is 2.76 bits per heavy atom. The van der Waals surface area contributed by atoms with E-state index in [-0.39, 0.29) is 12.1 Å². The van der Waals surface area contributed by atoms with Gasteiger partial charge in [0.1, 0.15) is 5.60 Å². The fourth-order valence-electron chi connectivity index (χ4n) is 2.66. The third-order valence-electron chi connectivity index (χ3n) is 3.94. The van der Waals surface area contributed by atoms with Crippen molar-refractivity contribution in [1.29, 1.82) is 0 Å². The van der Waals surface area contributed by atoms with Crippen molar-refractivity contribution in [3.63, 3.8) is 0 Å². The van der Waals surface area contributed by atoms with Gasteiger partial charge in [-0.2, -0.15) is 0 Å². The first kappa shape index (κ1) is 16.6. The minimum atomic E-state index is -0.452. The highest BCUT2D eigenvalue weighted by Crippen LogP contribution is 2.33. The Morgan fingerprint density at radius 2 is 2.14 bits per heavy atom. The van der Waals surface area contributed by atoms with Gasteiger partial charge in [0.15, 0.2) is 0 Å². The van der Waals surface area contributed by atoms with E-state index < -0.39 is 5.60 Å². The van der Waals surface area contributed by atoms with Gasteiger partial charge in [0.25, 0.3) is 0 Å². The first-order chi connectivity index (χ1) is 9.85. The molecule has 5 nitrogen and oxygen atoms in total. The molecule has 2 aliphatic rings. The molecule has 0 bridgehead atoms. The lowest BCUT2D eigenvalue weighted by atomic mass is 10.1. The fourth-order valence-corrected chi connectivity index (χ4v) is 2.66. The molecule has 0 aromatic rings. The van der Waals surface area contributed by atoms with Crippen molar-refractivity contribution >= 4 is 6.09 Å². The summed E-state index contributed by atoms with van der Waals surface area (Å²) in [5, 5.41) is 3.54. The maximum absolute atomic E-state index is 12.3. The van der Waals surface area contributed by atoms with E-state index in [2.05, 4.69) is 12.2 Å². The molecule has 2 rings (SSSR count). The van der Waals surface area contributed by atoms with Crippen molar-refractivity contribution in [2.75, 3.05) is 26.3 Å². The molecule has 1 heterocycles. The molecule has 0 aromatic heterocycles. The van der Waals surface area contributed by atoms with Gasteiger partial charge in [-0.1, -0.05) is 12.8 Å². The summed E-state index contributed by atoms with van der Waals surface area (Å²) in [4.78, 5) is 14.1. The third kappa shape index (κ3) is 5.83. The van der Waals surface area contributed by atoms with Crippen molar-refractivity contribution in [3.05, 3.63) is 0 Å². The lowest BCUT2D eigenvalue weighted by molar-refractivity contribution is -0.0321. The SMILES string of the molecule is CC(CC1CC1)NCC1COCCN1C(=O)OC(C)(C)C. The normalized spacial score (nSPS) is 24.8. The Labute approximate surface area is 128 Å². The summed E-state index contributed by atoms with van der Waals surface area (Å²) in [6, 6.07) is 0.565. The van der Waals surface area contributed by atoms with E-state index in [0.717, 1.165) is 12.5 Å². The van der Waals surface area contributed by atoms with Crippen LogP contribution < -0.4 is 5.32 Å². The lowest BCUT2D eigenvalue weighted by Crippen LogP contribution is -2.54. The lowest BCUT2D eigenvalue weighted by Gasteiger charge is -2.37. The monoisotopic (exact) mass is 298 g/mol. The van der Waals surface area contributed by atoms with Crippen LogP contribution in [0.15, 0.2) is 0 Å². The Hall–Kier alpha value is -0.810. The van der Waals surface area contributed by atoms with E-state index in [0.29, 0.717) is 25.8 Å². The Kier molecular flexibility index (Phi) is 5.49. The van der Waals surface area contributed by atoms with Crippen LogP contribution in [0.1, 0.15) is 47.0 Å². The highest BCUT2D eigenvalue weighted by Gasteiger charge is 2.31. The smallest absolute Gasteiger partial charge is 0.410 e. The van der Waals surface area contributed by atoms with Crippen LogP contribution in [0, 0.1) is 5.92 Å². The molecule has 1 amide bonds. The number of carbonyl (C=O) groups excluding carboxylic acids is 1. The predicted octanol–water partition coefficient (Wildman–Crippen LogP) is 2.40. The maximum atomic E-state index is 12.3. The summed E-state index contributed by atoms with van der Waals surface area (Å²) in [5.41, 5.74) is -0.452. The molecule has 0 radical (unpaired) electrons. The summed E-state index contributed by atoms with van der Waals surface area (Å²) in [6.07, 6.45) is 3.76. The highest BCUT2D eigenvalue weighted by molar-refractivity contribution is 5.68. The van der Waals surface area contributed by atoms with Gasteiger partial charge in [-0.25, -0.2) is 4.79 Å². The maximum Gasteiger partial charge on any atom is 0.410 e. The first-order valence-corrected chi connectivity index (χ1v) is 8.16. The second kappa shape index (κ2) is 6.97. The van der Waals surface area contributed by atoms with E-state index in [1.807, 2.05) is 25.7 Å². The van der Waals surface area contributed by atoms with Gasteiger partial charge in [0.2, 0.25) is 0 Å². The number of ether oxygens (including phenoxy) is 2. The summed E-state index contributed by atoms with van der Waals surface area (Å²) in [5.74, 6) is 0.914. The van der Waals surface area contributed by atoms with E-state index in [1.54, 1.807) is 0 Å². The number of carbonyl (C=O) groups is 1. The van der Waals surface area contributed by atoms with E-state index in [1.165, 1.54) is 19.3 Å². The van der Waals surface area contributed by atoms with Crippen molar-refractivity contribution in [1.82, 2.24) is 10.2 Å². The average molecular weight is 298 g/mol. The van der Waals surface area contributed by atoms with E-state index in [9.17, 15) is 4.79 Å². The standard InChI is InChI=1S/C16H30N2O3/c1-12(9-13-5-6-13)17-10-14-11-20-8-7-18(14)15(19)21-16(2,3)4/h12-14,17H,5-11H2,1-4H3. The number of rotatable bonds is 5. The van der Waals surface area contributed by atoms with Crippen molar-refractivity contribution < 1.29 is 14.3 Å². The zero-order valence-corrected chi connectivity index (χ0v) is 13.9. The number of nitrogens with zero attached hydrogens (tertiary/aromatic N) is 1. The van der Waals surface area contributed by atoms with Crippen LogP contribution in [0.3, 0.4) is 0 Å². The van der Waals surface area contributed by atoms with Gasteiger partial charge in [-0.3, -0.25) is 4.90 Å².